The normalized spacial score (nSPS) is 14.7. The van der Waals surface area contributed by atoms with Crippen molar-refractivity contribution < 1.29 is 18.4 Å². The number of hydrogen-bond donors (Lipinski definition) is 1. The Morgan fingerprint density at radius 2 is 2.22 bits per heavy atom. The Balaban J connectivity index is 1.74. The summed E-state index contributed by atoms with van der Waals surface area (Å²) in [5.41, 5.74) is 0.632. The molecule has 1 aliphatic rings. The van der Waals surface area contributed by atoms with E-state index in [1.165, 1.54) is 16.9 Å². The Labute approximate surface area is 130 Å². The highest BCUT2D eigenvalue weighted by Crippen LogP contribution is 2.26. The number of alkyl halides is 2. The van der Waals surface area contributed by atoms with E-state index in [-0.39, 0.29) is 11.7 Å². The molecular weight excluding hydrogens is 308 g/mol. The molecule has 7 nitrogen and oxygen atoms in total. The maximum Gasteiger partial charge on any atom is 0.314 e. The first-order valence-corrected chi connectivity index (χ1v) is 7.24. The lowest BCUT2D eigenvalue weighted by Crippen LogP contribution is -2.50. The Kier molecular flexibility index (Phi) is 4.18. The van der Waals surface area contributed by atoms with E-state index in [0.717, 1.165) is 11.3 Å². The van der Waals surface area contributed by atoms with Gasteiger partial charge in [-0.25, -0.2) is 18.3 Å². The van der Waals surface area contributed by atoms with Crippen LogP contribution in [0.1, 0.15) is 19.3 Å². The molecule has 122 valence electrons. The summed E-state index contributed by atoms with van der Waals surface area (Å²) < 4.78 is 26.8. The molecule has 2 heterocycles. The van der Waals surface area contributed by atoms with Crippen LogP contribution in [0.5, 0.6) is 0 Å². The van der Waals surface area contributed by atoms with Gasteiger partial charge in [-0.2, -0.15) is 5.10 Å². The molecule has 0 aliphatic heterocycles. The van der Waals surface area contributed by atoms with Crippen LogP contribution in [-0.4, -0.2) is 50.3 Å². The zero-order chi connectivity index (χ0) is 16.4. The van der Waals surface area contributed by atoms with E-state index in [2.05, 4.69) is 15.4 Å². The van der Waals surface area contributed by atoms with Gasteiger partial charge in [0.05, 0.1) is 12.7 Å². The summed E-state index contributed by atoms with van der Waals surface area (Å²) in [4.78, 5) is 29.3. The Bertz CT molecular complexity index is 729. The number of anilines is 1. The topological polar surface area (TPSA) is 79.6 Å². The van der Waals surface area contributed by atoms with Crippen LogP contribution >= 0.6 is 0 Å². The van der Waals surface area contributed by atoms with Crippen molar-refractivity contribution >= 4 is 23.1 Å². The van der Waals surface area contributed by atoms with E-state index in [4.69, 9.17) is 0 Å². The number of nitrogens with one attached hydrogen (secondary N) is 1. The standard InChI is InChI=1S/C14H15F2N5O2/c15-11(16)8-20(9-3-1-4-9)14(23)13(22)19-10-7-18-21-6-2-5-17-12(10)21/h2,5-7,9,11H,1,3-4,8H2,(H,19,22). The molecule has 0 atom stereocenters. The minimum atomic E-state index is -2.68. The smallest absolute Gasteiger partial charge is 0.314 e. The van der Waals surface area contributed by atoms with E-state index in [9.17, 15) is 18.4 Å². The van der Waals surface area contributed by atoms with Gasteiger partial charge < -0.3 is 10.2 Å². The van der Waals surface area contributed by atoms with Gasteiger partial charge in [0.1, 0.15) is 5.69 Å². The zero-order valence-corrected chi connectivity index (χ0v) is 12.2. The molecule has 0 bridgehead atoms. The van der Waals surface area contributed by atoms with Crippen molar-refractivity contribution in [1.29, 1.82) is 0 Å². The van der Waals surface area contributed by atoms with Crippen molar-refractivity contribution in [1.82, 2.24) is 19.5 Å². The minimum absolute atomic E-state index is 0.259. The summed E-state index contributed by atoms with van der Waals surface area (Å²) in [6, 6.07) is 1.38. The highest BCUT2D eigenvalue weighted by Gasteiger charge is 2.34. The fourth-order valence-electron chi connectivity index (χ4n) is 2.47. The number of aromatic nitrogens is 3. The Hall–Kier alpha value is -2.58. The third-order valence-corrected chi connectivity index (χ3v) is 3.83. The first kappa shape index (κ1) is 15.3. The molecule has 3 rings (SSSR count). The molecule has 1 aliphatic carbocycles. The lowest BCUT2D eigenvalue weighted by molar-refractivity contribution is -0.147. The fraction of sp³-hybridized carbons (Fsp3) is 0.429. The fourth-order valence-corrected chi connectivity index (χ4v) is 2.47. The summed E-state index contributed by atoms with van der Waals surface area (Å²) in [7, 11) is 0. The largest absolute Gasteiger partial charge is 0.326 e. The molecule has 1 fully saturated rings. The minimum Gasteiger partial charge on any atom is -0.326 e. The zero-order valence-electron chi connectivity index (χ0n) is 12.2. The average Bonchev–Trinajstić information content (AvgIpc) is 2.87. The molecule has 0 aromatic carbocycles. The molecule has 2 amide bonds. The van der Waals surface area contributed by atoms with Crippen LogP contribution in [0.15, 0.2) is 24.7 Å². The number of carbonyl (C=O) groups excluding carboxylic acids is 2. The molecule has 0 radical (unpaired) electrons. The van der Waals surface area contributed by atoms with Crippen LogP contribution in [0.4, 0.5) is 14.5 Å². The van der Waals surface area contributed by atoms with Gasteiger partial charge in [-0.15, -0.1) is 0 Å². The molecule has 9 heteroatoms. The summed E-state index contributed by atoms with van der Waals surface area (Å²) >= 11 is 0. The van der Waals surface area contributed by atoms with Crippen molar-refractivity contribution in [2.24, 2.45) is 0 Å². The van der Waals surface area contributed by atoms with Crippen LogP contribution in [0.25, 0.3) is 5.65 Å². The van der Waals surface area contributed by atoms with Crippen LogP contribution in [0.2, 0.25) is 0 Å². The molecule has 1 N–H and O–H groups in total. The van der Waals surface area contributed by atoms with Gasteiger partial charge in [-0.05, 0) is 25.3 Å². The Morgan fingerprint density at radius 1 is 1.43 bits per heavy atom. The predicted octanol–water partition coefficient (Wildman–Crippen LogP) is 1.31. The van der Waals surface area contributed by atoms with Gasteiger partial charge in [0.2, 0.25) is 0 Å². The van der Waals surface area contributed by atoms with Gasteiger partial charge in [0.25, 0.3) is 6.43 Å². The molecule has 1 saturated carbocycles. The number of hydrogen-bond acceptors (Lipinski definition) is 4. The van der Waals surface area contributed by atoms with Crippen molar-refractivity contribution in [2.45, 2.75) is 31.7 Å². The number of fused-ring (bicyclic) bond motifs is 1. The molecule has 0 saturated heterocycles. The molecule has 23 heavy (non-hydrogen) atoms. The van der Waals surface area contributed by atoms with Crippen LogP contribution < -0.4 is 5.32 Å². The number of halogens is 2. The summed E-state index contributed by atoms with van der Waals surface area (Å²) in [6.45, 7) is -0.732. The molecule has 2 aromatic rings. The van der Waals surface area contributed by atoms with E-state index in [1.54, 1.807) is 12.3 Å². The van der Waals surface area contributed by atoms with Crippen molar-refractivity contribution in [3.8, 4) is 0 Å². The lowest BCUT2D eigenvalue weighted by atomic mass is 9.91. The number of carbonyl (C=O) groups is 2. The van der Waals surface area contributed by atoms with Crippen LogP contribution in [-0.2, 0) is 9.59 Å². The monoisotopic (exact) mass is 323 g/mol. The molecule has 2 aromatic heterocycles. The summed E-state index contributed by atoms with van der Waals surface area (Å²) in [6.07, 6.45) is 3.99. The third kappa shape index (κ3) is 3.13. The SMILES string of the molecule is O=C(Nc1cnn2cccnc12)C(=O)N(CC(F)F)C1CCC1. The Morgan fingerprint density at radius 3 is 2.87 bits per heavy atom. The molecular formula is C14H15F2N5O2. The first-order chi connectivity index (χ1) is 11.1. The van der Waals surface area contributed by atoms with Crippen LogP contribution in [0.3, 0.4) is 0 Å². The third-order valence-electron chi connectivity index (χ3n) is 3.83. The maximum atomic E-state index is 12.7. The maximum absolute atomic E-state index is 12.7. The number of rotatable bonds is 4. The van der Waals surface area contributed by atoms with Crippen molar-refractivity contribution in [3.63, 3.8) is 0 Å². The van der Waals surface area contributed by atoms with Gasteiger partial charge in [-0.3, -0.25) is 9.59 Å². The summed E-state index contributed by atoms with van der Waals surface area (Å²) in [5.74, 6) is -1.91. The molecule has 0 unspecified atom stereocenters. The van der Waals surface area contributed by atoms with Crippen molar-refractivity contribution in [3.05, 3.63) is 24.7 Å². The van der Waals surface area contributed by atoms with E-state index in [1.807, 2.05) is 0 Å². The number of nitrogens with zero attached hydrogens (tertiary/aromatic N) is 4. The van der Waals surface area contributed by atoms with E-state index < -0.39 is 24.8 Å². The molecule has 0 spiro atoms. The second-order valence-corrected chi connectivity index (χ2v) is 5.33. The lowest BCUT2D eigenvalue weighted by Gasteiger charge is -2.36. The van der Waals surface area contributed by atoms with Gasteiger partial charge in [-0.1, -0.05) is 0 Å². The second-order valence-electron chi connectivity index (χ2n) is 5.33. The predicted molar refractivity (Wildman–Crippen MR) is 77.0 cm³/mol. The number of amides is 2. The highest BCUT2D eigenvalue weighted by atomic mass is 19.3. The van der Waals surface area contributed by atoms with Gasteiger partial charge in [0, 0.05) is 18.4 Å². The quantitative estimate of drug-likeness (QED) is 0.861. The highest BCUT2D eigenvalue weighted by molar-refractivity contribution is 6.40. The second kappa shape index (κ2) is 6.27. The van der Waals surface area contributed by atoms with Gasteiger partial charge in [0.15, 0.2) is 5.65 Å². The summed E-state index contributed by atoms with van der Waals surface area (Å²) in [5, 5.41) is 6.38. The van der Waals surface area contributed by atoms with Crippen molar-refractivity contribution in [2.75, 3.05) is 11.9 Å². The van der Waals surface area contributed by atoms with Crippen LogP contribution in [0, 0.1) is 0 Å². The van der Waals surface area contributed by atoms with E-state index in [0.29, 0.717) is 18.5 Å². The average molecular weight is 323 g/mol. The van der Waals surface area contributed by atoms with Gasteiger partial charge >= 0.3 is 11.8 Å². The van der Waals surface area contributed by atoms with E-state index >= 15 is 0 Å². The first-order valence-electron chi connectivity index (χ1n) is 7.24.